The number of halogens is 1. The quantitative estimate of drug-likeness (QED) is 0.908. The van der Waals surface area contributed by atoms with Crippen LogP contribution in [-0.4, -0.2) is 12.0 Å². The molecule has 0 radical (unpaired) electrons. The lowest BCUT2D eigenvalue weighted by Gasteiger charge is -2.22. The molecule has 0 aliphatic rings. The van der Waals surface area contributed by atoms with E-state index in [1.807, 2.05) is 19.2 Å². The first-order valence-electron chi connectivity index (χ1n) is 5.87. The third kappa shape index (κ3) is 2.66. The first-order valence-corrected chi connectivity index (χ1v) is 7.48. The first kappa shape index (κ1) is 13.7. The summed E-state index contributed by atoms with van der Waals surface area (Å²) < 4.78 is 1.09. The zero-order valence-corrected chi connectivity index (χ0v) is 13.4. The van der Waals surface area contributed by atoms with E-state index in [9.17, 15) is 0 Å². The third-order valence-corrected chi connectivity index (χ3v) is 5.08. The molecule has 0 aliphatic carbocycles. The number of aryl methyl sites for hydroxylation is 1. The van der Waals surface area contributed by atoms with Gasteiger partial charge >= 0.3 is 0 Å². The molecule has 2 aromatic rings. The Kier molecular flexibility index (Phi) is 3.90. The lowest BCUT2D eigenvalue weighted by Crippen LogP contribution is -2.32. The van der Waals surface area contributed by atoms with Gasteiger partial charge in [0.15, 0.2) is 0 Å². The molecule has 2 nitrogen and oxygen atoms in total. The van der Waals surface area contributed by atoms with Crippen molar-refractivity contribution in [2.24, 2.45) is 0 Å². The maximum Gasteiger partial charge on any atom is 0.123 e. The molecule has 2 rings (SSSR count). The van der Waals surface area contributed by atoms with E-state index < -0.39 is 0 Å². The summed E-state index contributed by atoms with van der Waals surface area (Å²) in [6, 6.07) is 8.27. The van der Waals surface area contributed by atoms with Gasteiger partial charge in [0.05, 0.1) is 5.69 Å². The molecule has 0 saturated heterocycles. The monoisotopic (exact) mass is 324 g/mol. The van der Waals surface area contributed by atoms with E-state index in [0.717, 1.165) is 20.7 Å². The van der Waals surface area contributed by atoms with Crippen molar-refractivity contribution in [3.63, 3.8) is 0 Å². The van der Waals surface area contributed by atoms with Crippen molar-refractivity contribution >= 4 is 27.3 Å². The van der Waals surface area contributed by atoms with Crippen molar-refractivity contribution in [3.8, 4) is 10.6 Å². The Labute approximate surface area is 121 Å². The van der Waals surface area contributed by atoms with E-state index in [1.165, 1.54) is 4.88 Å². The molecule has 0 bridgehead atoms. The molecular formula is C14H17BrN2S. The summed E-state index contributed by atoms with van der Waals surface area (Å²) in [6.07, 6.45) is 0. The normalized spacial score (nSPS) is 11.8. The molecule has 1 heterocycles. The van der Waals surface area contributed by atoms with Crippen molar-refractivity contribution in [2.75, 3.05) is 7.05 Å². The van der Waals surface area contributed by atoms with E-state index in [0.29, 0.717) is 0 Å². The van der Waals surface area contributed by atoms with Gasteiger partial charge in [-0.25, -0.2) is 4.98 Å². The fourth-order valence-corrected chi connectivity index (χ4v) is 3.41. The Morgan fingerprint density at radius 2 is 2.06 bits per heavy atom. The van der Waals surface area contributed by atoms with Crippen LogP contribution in [0.25, 0.3) is 10.6 Å². The highest BCUT2D eigenvalue weighted by Gasteiger charge is 2.24. The second kappa shape index (κ2) is 5.11. The minimum Gasteiger partial charge on any atom is -0.310 e. The summed E-state index contributed by atoms with van der Waals surface area (Å²) in [5.41, 5.74) is 2.23. The standard InChI is InChI=1S/C14H17BrN2S/c1-9-12(14(2,3)16-4)18-13(17-9)10-6-5-7-11(15)8-10/h5-8,16H,1-4H3. The molecule has 0 saturated carbocycles. The summed E-state index contributed by atoms with van der Waals surface area (Å²) in [5.74, 6) is 0. The summed E-state index contributed by atoms with van der Waals surface area (Å²) in [4.78, 5) is 5.99. The van der Waals surface area contributed by atoms with Crippen LogP contribution in [0.2, 0.25) is 0 Å². The van der Waals surface area contributed by atoms with Crippen molar-refractivity contribution in [3.05, 3.63) is 39.3 Å². The Balaban J connectivity index is 2.47. The molecular weight excluding hydrogens is 308 g/mol. The van der Waals surface area contributed by atoms with Gasteiger partial charge < -0.3 is 5.32 Å². The number of hydrogen-bond acceptors (Lipinski definition) is 3. The molecule has 1 N–H and O–H groups in total. The van der Waals surface area contributed by atoms with Crippen LogP contribution in [-0.2, 0) is 5.54 Å². The zero-order valence-electron chi connectivity index (χ0n) is 11.0. The molecule has 0 unspecified atom stereocenters. The van der Waals surface area contributed by atoms with Crippen molar-refractivity contribution < 1.29 is 0 Å². The minimum absolute atomic E-state index is 0.0357. The largest absolute Gasteiger partial charge is 0.310 e. The van der Waals surface area contributed by atoms with Gasteiger partial charge in [0, 0.05) is 20.5 Å². The molecule has 0 atom stereocenters. The first-order chi connectivity index (χ1) is 8.44. The topological polar surface area (TPSA) is 24.9 Å². The number of hydrogen-bond donors (Lipinski definition) is 1. The molecule has 0 spiro atoms. The third-order valence-electron chi connectivity index (χ3n) is 3.06. The fraction of sp³-hybridized carbons (Fsp3) is 0.357. The Bertz CT molecular complexity index is 561. The maximum atomic E-state index is 4.69. The second-order valence-corrected chi connectivity index (χ2v) is 6.73. The number of nitrogens with zero attached hydrogens (tertiary/aromatic N) is 1. The minimum atomic E-state index is -0.0357. The summed E-state index contributed by atoms with van der Waals surface area (Å²) in [5, 5.41) is 4.41. The molecule has 0 fully saturated rings. The van der Waals surface area contributed by atoms with Crippen molar-refractivity contribution in [1.29, 1.82) is 0 Å². The van der Waals surface area contributed by atoms with Crippen molar-refractivity contribution in [2.45, 2.75) is 26.3 Å². The predicted molar refractivity (Wildman–Crippen MR) is 82.1 cm³/mol. The number of nitrogens with one attached hydrogen (secondary N) is 1. The lowest BCUT2D eigenvalue weighted by molar-refractivity contribution is 0.450. The SMILES string of the molecule is CNC(C)(C)c1sc(-c2cccc(Br)c2)nc1C. The Hall–Kier alpha value is -0.710. The van der Waals surface area contributed by atoms with Crippen LogP contribution in [0.15, 0.2) is 28.7 Å². The van der Waals surface area contributed by atoms with Gasteiger partial charge in [-0.3, -0.25) is 0 Å². The van der Waals surface area contributed by atoms with E-state index >= 15 is 0 Å². The van der Waals surface area contributed by atoms with E-state index in [4.69, 9.17) is 4.98 Å². The van der Waals surface area contributed by atoms with E-state index in [2.05, 4.69) is 54.2 Å². The van der Waals surface area contributed by atoms with Gasteiger partial charge in [-0.15, -0.1) is 11.3 Å². The van der Waals surface area contributed by atoms with Crippen LogP contribution in [0.1, 0.15) is 24.4 Å². The number of thiazole rings is 1. The molecule has 96 valence electrons. The maximum absolute atomic E-state index is 4.69. The van der Waals surface area contributed by atoms with Crippen LogP contribution >= 0.6 is 27.3 Å². The Morgan fingerprint density at radius 1 is 1.33 bits per heavy atom. The average molecular weight is 325 g/mol. The molecule has 0 aliphatic heterocycles. The van der Waals surface area contributed by atoms with Gasteiger partial charge in [0.25, 0.3) is 0 Å². The zero-order chi connectivity index (χ0) is 13.3. The molecule has 4 heteroatoms. The summed E-state index contributed by atoms with van der Waals surface area (Å²) in [6.45, 7) is 6.43. The van der Waals surface area contributed by atoms with E-state index in [-0.39, 0.29) is 5.54 Å². The smallest absolute Gasteiger partial charge is 0.123 e. The van der Waals surface area contributed by atoms with Gasteiger partial charge in [-0.05, 0) is 40.0 Å². The predicted octanol–water partition coefficient (Wildman–Crippen LogP) is 4.34. The fourth-order valence-electron chi connectivity index (χ4n) is 1.83. The highest BCUT2D eigenvalue weighted by atomic mass is 79.9. The molecule has 1 aromatic heterocycles. The van der Waals surface area contributed by atoms with Gasteiger partial charge in [0.2, 0.25) is 0 Å². The van der Waals surface area contributed by atoms with E-state index in [1.54, 1.807) is 11.3 Å². The molecule has 1 aromatic carbocycles. The number of rotatable bonds is 3. The Morgan fingerprint density at radius 3 is 2.67 bits per heavy atom. The van der Waals surface area contributed by atoms with Gasteiger partial charge in [-0.1, -0.05) is 28.1 Å². The molecule has 0 amide bonds. The second-order valence-electron chi connectivity index (χ2n) is 4.82. The van der Waals surface area contributed by atoms with Crippen LogP contribution < -0.4 is 5.32 Å². The van der Waals surface area contributed by atoms with Crippen LogP contribution in [0.3, 0.4) is 0 Å². The average Bonchev–Trinajstić information content (AvgIpc) is 2.72. The van der Waals surface area contributed by atoms with Crippen molar-refractivity contribution in [1.82, 2.24) is 10.3 Å². The summed E-state index contributed by atoms with van der Waals surface area (Å²) >= 11 is 5.26. The number of benzene rings is 1. The highest BCUT2D eigenvalue weighted by Crippen LogP contribution is 2.35. The van der Waals surface area contributed by atoms with Crippen LogP contribution in [0.4, 0.5) is 0 Å². The number of aromatic nitrogens is 1. The van der Waals surface area contributed by atoms with Gasteiger partial charge in [0.1, 0.15) is 5.01 Å². The molecule has 18 heavy (non-hydrogen) atoms. The van der Waals surface area contributed by atoms with Crippen LogP contribution in [0.5, 0.6) is 0 Å². The lowest BCUT2D eigenvalue weighted by atomic mass is 10.0. The highest BCUT2D eigenvalue weighted by molar-refractivity contribution is 9.10. The van der Waals surface area contributed by atoms with Gasteiger partial charge in [-0.2, -0.15) is 0 Å². The summed E-state index contributed by atoms with van der Waals surface area (Å²) in [7, 11) is 1.98. The van der Waals surface area contributed by atoms with Crippen LogP contribution in [0, 0.1) is 6.92 Å².